The van der Waals surface area contributed by atoms with Gasteiger partial charge >= 0.3 is 0 Å². The van der Waals surface area contributed by atoms with E-state index in [9.17, 15) is 9.59 Å². The first-order chi connectivity index (χ1) is 11.5. The molecule has 0 spiro atoms. The standard InChI is InChI=1S/C17H20N4O3/c1-11-5-3-7-15(18-11)19-16(22)13-6-4-8-21(10-13)17(23)14-9-12(2)20-24-14/h3,5,7,9,13H,4,6,8,10H2,1-2H3,(H,18,19,22)/t13-/m1/s1. The summed E-state index contributed by atoms with van der Waals surface area (Å²) in [5, 5.41) is 6.57. The molecule has 2 amide bonds. The maximum absolute atomic E-state index is 12.5. The molecule has 0 bridgehead atoms. The van der Waals surface area contributed by atoms with Gasteiger partial charge in [0.1, 0.15) is 5.82 Å². The quantitative estimate of drug-likeness (QED) is 0.933. The largest absolute Gasteiger partial charge is 0.351 e. The minimum absolute atomic E-state index is 0.112. The van der Waals surface area contributed by atoms with Gasteiger partial charge in [0.15, 0.2) is 0 Å². The van der Waals surface area contributed by atoms with Gasteiger partial charge in [-0.3, -0.25) is 9.59 Å². The molecule has 3 rings (SSSR count). The number of likely N-dealkylation sites (tertiary alicyclic amines) is 1. The Hall–Kier alpha value is -2.70. The zero-order valence-electron chi connectivity index (χ0n) is 13.8. The highest BCUT2D eigenvalue weighted by Gasteiger charge is 2.30. The van der Waals surface area contributed by atoms with Gasteiger partial charge < -0.3 is 14.7 Å². The van der Waals surface area contributed by atoms with Gasteiger partial charge in [0.25, 0.3) is 5.91 Å². The zero-order chi connectivity index (χ0) is 17.1. The Morgan fingerprint density at radius 2 is 2.12 bits per heavy atom. The van der Waals surface area contributed by atoms with Gasteiger partial charge in [-0.25, -0.2) is 4.98 Å². The highest BCUT2D eigenvalue weighted by atomic mass is 16.5. The Morgan fingerprint density at radius 1 is 1.29 bits per heavy atom. The number of anilines is 1. The molecule has 7 nitrogen and oxygen atoms in total. The summed E-state index contributed by atoms with van der Waals surface area (Å²) in [4.78, 5) is 30.8. The lowest BCUT2D eigenvalue weighted by Crippen LogP contribution is -2.43. The van der Waals surface area contributed by atoms with Crippen molar-refractivity contribution in [3.8, 4) is 0 Å². The van der Waals surface area contributed by atoms with Gasteiger partial charge in [0, 0.05) is 24.8 Å². The Kier molecular flexibility index (Phi) is 4.59. The van der Waals surface area contributed by atoms with Crippen molar-refractivity contribution in [2.24, 2.45) is 5.92 Å². The third-order valence-electron chi connectivity index (χ3n) is 4.06. The fraction of sp³-hybridized carbons (Fsp3) is 0.412. The molecule has 1 aliphatic rings. The number of nitrogens with one attached hydrogen (secondary N) is 1. The number of carbonyl (C=O) groups is 2. The third kappa shape index (κ3) is 3.61. The number of aryl methyl sites for hydroxylation is 2. The molecule has 1 saturated heterocycles. The Labute approximate surface area is 140 Å². The van der Waals surface area contributed by atoms with Gasteiger partial charge in [-0.15, -0.1) is 0 Å². The van der Waals surface area contributed by atoms with Gasteiger partial charge in [-0.2, -0.15) is 0 Å². The van der Waals surface area contributed by atoms with Crippen LogP contribution in [-0.2, 0) is 4.79 Å². The van der Waals surface area contributed by atoms with Gasteiger partial charge in [-0.1, -0.05) is 11.2 Å². The average Bonchev–Trinajstić information content (AvgIpc) is 3.01. The van der Waals surface area contributed by atoms with E-state index in [1.54, 1.807) is 24.0 Å². The predicted molar refractivity (Wildman–Crippen MR) is 87.5 cm³/mol. The van der Waals surface area contributed by atoms with Crippen molar-refractivity contribution in [1.29, 1.82) is 0 Å². The molecule has 126 valence electrons. The third-order valence-corrected chi connectivity index (χ3v) is 4.06. The van der Waals surface area contributed by atoms with E-state index < -0.39 is 0 Å². The SMILES string of the molecule is Cc1cc(C(=O)N2CCC[C@@H](C(=O)Nc3cccc(C)n3)C2)on1. The summed E-state index contributed by atoms with van der Waals surface area (Å²) in [7, 11) is 0. The van der Waals surface area contributed by atoms with Crippen LogP contribution in [0.3, 0.4) is 0 Å². The summed E-state index contributed by atoms with van der Waals surface area (Å²) in [6.07, 6.45) is 1.52. The van der Waals surface area contributed by atoms with Crippen molar-refractivity contribution in [3.63, 3.8) is 0 Å². The van der Waals surface area contributed by atoms with Crippen molar-refractivity contribution in [1.82, 2.24) is 15.0 Å². The van der Waals surface area contributed by atoms with Crippen LogP contribution < -0.4 is 5.32 Å². The summed E-state index contributed by atoms with van der Waals surface area (Å²) in [6, 6.07) is 7.09. The van der Waals surface area contributed by atoms with Crippen LogP contribution in [0.25, 0.3) is 0 Å². The number of pyridine rings is 1. The first kappa shape index (κ1) is 16.2. The average molecular weight is 328 g/mol. The van der Waals surface area contributed by atoms with Crippen LogP contribution in [0, 0.1) is 19.8 Å². The van der Waals surface area contributed by atoms with Crippen molar-refractivity contribution in [3.05, 3.63) is 41.4 Å². The molecular formula is C17H20N4O3. The first-order valence-electron chi connectivity index (χ1n) is 8.00. The first-order valence-corrected chi connectivity index (χ1v) is 8.00. The van der Waals surface area contributed by atoms with Gasteiger partial charge in [0.2, 0.25) is 11.7 Å². The van der Waals surface area contributed by atoms with Gasteiger partial charge in [-0.05, 0) is 38.8 Å². The highest BCUT2D eigenvalue weighted by Crippen LogP contribution is 2.20. The molecule has 0 unspecified atom stereocenters. The highest BCUT2D eigenvalue weighted by molar-refractivity contribution is 5.94. The van der Waals surface area contributed by atoms with E-state index in [1.807, 2.05) is 19.1 Å². The number of aromatic nitrogens is 2. The van der Waals surface area contributed by atoms with E-state index in [0.29, 0.717) is 24.6 Å². The molecular weight excluding hydrogens is 308 g/mol. The number of nitrogens with zero attached hydrogens (tertiary/aromatic N) is 3. The lowest BCUT2D eigenvalue weighted by atomic mass is 9.97. The molecule has 0 aromatic carbocycles. The fourth-order valence-electron chi connectivity index (χ4n) is 2.84. The second kappa shape index (κ2) is 6.82. The van der Waals surface area contributed by atoms with Crippen LogP contribution in [0.4, 0.5) is 5.82 Å². The molecule has 1 aliphatic heterocycles. The number of hydrogen-bond acceptors (Lipinski definition) is 5. The van der Waals surface area contributed by atoms with Crippen molar-refractivity contribution >= 4 is 17.6 Å². The second-order valence-corrected chi connectivity index (χ2v) is 6.08. The predicted octanol–water partition coefficient (Wildman–Crippen LogP) is 2.18. The monoisotopic (exact) mass is 328 g/mol. The summed E-state index contributed by atoms with van der Waals surface area (Å²) in [5.74, 6) is 0.165. The molecule has 2 aromatic heterocycles. The van der Waals surface area contributed by atoms with E-state index in [0.717, 1.165) is 18.5 Å². The molecule has 3 heterocycles. The van der Waals surface area contributed by atoms with Crippen LogP contribution in [0.15, 0.2) is 28.8 Å². The number of carbonyl (C=O) groups excluding carboxylic acids is 2. The molecule has 24 heavy (non-hydrogen) atoms. The second-order valence-electron chi connectivity index (χ2n) is 6.08. The fourth-order valence-corrected chi connectivity index (χ4v) is 2.84. The van der Waals surface area contributed by atoms with Crippen LogP contribution >= 0.6 is 0 Å². The van der Waals surface area contributed by atoms with Gasteiger partial charge in [0.05, 0.1) is 11.6 Å². The summed E-state index contributed by atoms with van der Waals surface area (Å²) >= 11 is 0. The molecule has 0 aliphatic carbocycles. The molecule has 1 N–H and O–H groups in total. The summed E-state index contributed by atoms with van der Waals surface area (Å²) < 4.78 is 5.03. The number of amides is 2. The molecule has 0 saturated carbocycles. The number of piperidine rings is 1. The maximum atomic E-state index is 12.5. The van der Waals surface area contributed by atoms with Crippen LogP contribution in [0.2, 0.25) is 0 Å². The zero-order valence-corrected chi connectivity index (χ0v) is 13.8. The molecule has 0 radical (unpaired) electrons. The van der Waals surface area contributed by atoms with E-state index in [4.69, 9.17) is 4.52 Å². The molecule has 1 fully saturated rings. The Balaban J connectivity index is 1.64. The van der Waals surface area contributed by atoms with Crippen molar-refractivity contribution < 1.29 is 14.1 Å². The van der Waals surface area contributed by atoms with Crippen molar-refractivity contribution in [2.45, 2.75) is 26.7 Å². The lowest BCUT2D eigenvalue weighted by molar-refractivity contribution is -0.121. The molecule has 7 heteroatoms. The normalized spacial score (nSPS) is 17.6. The Morgan fingerprint density at radius 3 is 2.83 bits per heavy atom. The van der Waals surface area contributed by atoms with E-state index in [2.05, 4.69) is 15.5 Å². The van der Waals surface area contributed by atoms with Crippen LogP contribution in [0.1, 0.15) is 34.8 Å². The van der Waals surface area contributed by atoms with Crippen LogP contribution in [-0.4, -0.2) is 39.9 Å². The number of rotatable bonds is 3. The summed E-state index contributed by atoms with van der Waals surface area (Å²) in [5.41, 5.74) is 1.50. The minimum atomic E-state index is -0.256. The smallest absolute Gasteiger partial charge is 0.292 e. The maximum Gasteiger partial charge on any atom is 0.292 e. The van der Waals surface area contributed by atoms with E-state index in [-0.39, 0.29) is 23.5 Å². The molecule has 1 atom stereocenters. The van der Waals surface area contributed by atoms with E-state index >= 15 is 0 Å². The number of hydrogen-bond donors (Lipinski definition) is 1. The Bertz CT molecular complexity index is 756. The molecule has 2 aromatic rings. The summed E-state index contributed by atoms with van der Waals surface area (Å²) in [6.45, 7) is 4.62. The van der Waals surface area contributed by atoms with Crippen LogP contribution in [0.5, 0.6) is 0 Å². The van der Waals surface area contributed by atoms with E-state index in [1.165, 1.54) is 0 Å². The topological polar surface area (TPSA) is 88.3 Å². The van der Waals surface area contributed by atoms with Crippen molar-refractivity contribution in [2.75, 3.05) is 18.4 Å². The minimum Gasteiger partial charge on any atom is -0.351 e. The lowest BCUT2D eigenvalue weighted by Gasteiger charge is -2.31.